The van der Waals surface area contributed by atoms with Gasteiger partial charge in [-0.3, -0.25) is 0 Å². The number of nitrogens with two attached hydrogens (primary N) is 1. The van der Waals surface area contributed by atoms with Crippen LogP contribution in [-0.2, 0) is 6.42 Å². The van der Waals surface area contributed by atoms with Crippen LogP contribution >= 0.6 is 0 Å². The Labute approximate surface area is 126 Å². The van der Waals surface area contributed by atoms with E-state index in [9.17, 15) is 0 Å². The fraction of sp³-hybridized carbons (Fsp3) is 0.375. The molecule has 1 atom stereocenters. The van der Waals surface area contributed by atoms with Crippen LogP contribution in [-0.4, -0.2) is 16.0 Å². The summed E-state index contributed by atoms with van der Waals surface area (Å²) in [5.41, 5.74) is 3.89. The number of anilines is 2. The van der Waals surface area contributed by atoms with Gasteiger partial charge in [-0.1, -0.05) is 44.2 Å². The van der Waals surface area contributed by atoms with Gasteiger partial charge in [0.15, 0.2) is 0 Å². The van der Waals surface area contributed by atoms with Gasteiger partial charge in [0.25, 0.3) is 0 Å². The Balaban J connectivity index is 2.09. The summed E-state index contributed by atoms with van der Waals surface area (Å²) in [7, 11) is 0. The molecule has 0 saturated heterocycles. The van der Waals surface area contributed by atoms with Crippen molar-refractivity contribution in [3.8, 4) is 0 Å². The maximum Gasteiger partial charge on any atom is 0.145 e. The number of hydrazine groups is 1. The second-order valence-corrected chi connectivity index (χ2v) is 5.53. The molecule has 112 valence electrons. The van der Waals surface area contributed by atoms with Gasteiger partial charge in [-0.05, 0) is 18.9 Å². The maximum atomic E-state index is 5.47. The summed E-state index contributed by atoms with van der Waals surface area (Å²) < 4.78 is 0. The van der Waals surface area contributed by atoms with Crippen LogP contribution in [0.25, 0.3) is 0 Å². The molecule has 1 aromatic heterocycles. The monoisotopic (exact) mass is 285 g/mol. The molecule has 0 saturated carbocycles. The van der Waals surface area contributed by atoms with Crippen molar-refractivity contribution < 1.29 is 0 Å². The molecule has 2 aromatic rings. The molecular weight excluding hydrogens is 262 g/mol. The molecule has 0 spiro atoms. The van der Waals surface area contributed by atoms with Crippen molar-refractivity contribution in [1.82, 2.24) is 9.97 Å². The third-order valence-electron chi connectivity index (χ3n) is 3.19. The first-order valence-corrected chi connectivity index (χ1v) is 7.24. The van der Waals surface area contributed by atoms with E-state index < -0.39 is 0 Å². The minimum absolute atomic E-state index is 0.253. The third kappa shape index (κ3) is 4.43. The van der Waals surface area contributed by atoms with Crippen LogP contribution in [0.5, 0.6) is 0 Å². The lowest BCUT2D eigenvalue weighted by molar-refractivity contribution is 0.754. The largest absolute Gasteiger partial charge is 0.367 e. The second-order valence-electron chi connectivity index (χ2n) is 5.53. The first-order chi connectivity index (χ1) is 10.1. The van der Waals surface area contributed by atoms with Crippen molar-refractivity contribution in [2.24, 2.45) is 5.84 Å². The van der Waals surface area contributed by atoms with Gasteiger partial charge >= 0.3 is 0 Å². The van der Waals surface area contributed by atoms with E-state index in [0.717, 1.165) is 18.1 Å². The fourth-order valence-electron chi connectivity index (χ4n) is 2.14. The molecule has 0 aliphatic rings. The predicted molar refractivity (Wildman–Crippen MR) is 87.2 cm³/mol. The number of benzene rings is 1. The highest BCUT2D eigenvalue weighted by Gasteiger charge is 2.10. The summed E-state index contributed by atoms with van der Waals surface area (Å²) >= 11 is 0. The minimum atomic E-state index is 0.253. The van der Waals surface area contributed by atoms with Crippen LogP contribution in [0, 0.1) is 0 Å². The summed E-state index contributed by atoms with van der Waals surface area (Å²) in [6, 6.07) is 12.5. The van der Waals surface area contributed by atoms with Crippen molar-refractivity contribution in [3.05, 3.63) is 47.8 Å². The van der Waals surface area contributed by atoms with Crippen LogP contribution < -0.4 is 16.6 Å². The van der Waals surface area contributed by atoms with Gasteiger partial charge in [0, 0.05) is 18.0 Å². The number of nitrogen functional groups attached to an aromatic ring is 1. The number of aromatic nitrogens is 2. The van der Waals surface area contributed by atoms with Gasteiger partial charge in [-0.25, -0.2) is 15.8 Å². The molecule has 21 heavy (non-hydrogen) atoms. The highest BCUT2D eigenvalue weighted by atomic mass is 15.3. The molecule has 0 bridgehead atoms. The average Bonchev–Trinajstić information content (AvgIpc) is 2.47. The number of nitrogens with one attached hydrogen (secondary N) is 2. The lowest BCUT2D eigenvalue weighted by atomic mass is 10.1. The SMILES string of the molecule is CC(Cc1ccccc1)Nc1cc(NN)nc(C(C)C)n1. The highest BCUT2D eigenvalue weighted by Crippen LogP contribution is 2.17. The Bertz CT molecular complexity index is 568. The van der Waals surface area contributed by atoms with E-state index in [1.165, 1.54) is 5.56 Å². The van der Waals surface area contributed by atoms with Crippen molar-refractivity contribution in [2.45, 2.75) is 39.2 Å². The summed E-state index contributed by atoms with van der Waals surface area (Å²) in [5.74, 6) is 7.93. The molecular formula is C16H23N5. The smallest absolute Gasteiger partial charge is 0.145 e. The van der Waals surface area contributed by atoms with Crippen molar-refractivity contribution in [1.29, 1.82) is 0 Å². The predicted octanol–water partition coefficient (Wildman–Crippen LogP) is 2.93. The summed E-state index contributed by atoms with van der Waals surface area (Å²) in [6.45, 7) is 6.26. The van der Waals surface area contributed by atoms with Crippen molar-refractivity contribution in [2.75, 3.05) is 10.7 Å². The van der Waals surface area contributed by atoms with E-state index in [-0.39, 0.29) is 12.0 Å². The minimum Gasteiger partial charge on any atom is -0.367 e. The zero-order valence-electron chi connectivity index (χ0n) is 12.8. The van der Waals surface area contributed by atoms with E-state index in [0.29, 0.717) is 5.82 Å². The number of nitrogens with zero attached hydrogens (tertiary/aromatic N) is 2. The first-order valence-electron chi connectivity index (χ1n) is 7.24. The number of rotatable bonds is 6. The van der Waals surface area contributed by atoms with Gasteiger partial charge in [0.05, 0.1) is 0 Å². The van der Waals surface area contributed by atoms with Gasteiger partial charge < -0.3 is 10.7 Å². The number of hydrogen-bond acceptors (Lipinski definition) is 5. The van der Waals surface area contributed by atoms with Gasteiger partial charge in [-0.2, -0.15) is 0 Å². The molecule has 0 aliphatic carbocycles. The molecule has 2 rings (SSSR count). The van der Waals surface area contributed by atoms with Crippen LogP contribution in [0.4, 0.5) is 11.6 Å². The highest BCUT2D eigenvalue weighted by molar-refractivity contribution is 5.47. The Morgan fingerprint density at radius 2 is 1.71 bits per heavy atom. The summed E-state index contributed by atoms with van der Waals surface area (Å²) in [4.78, 5) is 8.90. The lowest BCUT2D eigenvalue weighted by Crippen LogP contribution is -2.20. The second kappa shape index (κ2) is 7.04. The molecule has 0 fully saturated rings. The Hall–Kier alpha value is -2.14. The van der Waals surface area contributed by atoms with Crippen LogP contribution in [0.3, 0.4) is 0 Å². The Morgan fingerprint density at radius 1 is 1.05 bits per heavy atom. The first kappa shape index (κ1) is 15.3. The topological polar surface area (TPSA) is 75.9 Å². The van der Waals surface area contributed by atoms with Crippen LogP contribution in [0.2, 0.25) is 0 Å². The molecule has 0 aliphatic heterocycles. The standard InChI is InChI=1S/C16H23N5/c1-11(2)16-19-14(10-15(20-16)21-17)18-12(3)9-13-7-5-4-6-8-13/h4-8,10-12H,9,17H2,1-3H3,(H2,18,19,20,21). The zero-order valence-corrected chi connectivity index (χ0v) is 12.8. The number of hydrogen-bond donors (Lipinski definition) is 3. The molecule has 1 unspecified atom stereocenters. The van der Waals surface area contributed by atoms with E-state index in [1.54, 1.807) is 0 Å². The normalized spacial score (nSPS) is 12.2. The van der Waals surface area contributed by atoms with Crippen LogP contribution in [0.1, 0.15) is 38.1 Å². The van der Waals surface area contributed by atoms with E-state index in [4.69, 9.17) is 5.84 Å². The molecule has 0 radical (unpaired) electrons. The maximum absolute atomic E-state index is 5.47. The van der Waals surface area contributed by atoms with Gasteiger partial charge in [-0.15, -0.1) is 0 Å². The summed E-state index contributed by atoms with van der Waals surface area (Å²) in [6.07, 6.45) is 0.938. The van der Waals surface area contributed by atoms with E-state index >= 15 is 0 Å². The molecule has 1 aromatic carbocycles. The van der Waals surface area contributed by atoms with Crippen molar-refractivity contribution in [3.63, 3.8) is 0 Å². The molecule has 0 amide bonds. The van der Waals surface area contributed by atoms with E-state index in [1.807, 2.05) is 12.1 Å². The lowest BCUT2D eigenvalue weighted by Gasteiger charge is -2.16. The average molecular weight is 285 g/mol. The molecule has 5 heteroatoms. The fourth-order valence-corrected chi connectivity index (χ4v) is 2.14. The Kier molecular flexibility index (Phi) is 5.11. The van der Waals surface area contributed by atoms with Crippen molar-refractivity contribution >= 4 is 11.6 Å². The third-order valence-corrected chi connectivity index (χ3v) is 3.19. The quantitative estimate of drug-likeness (QED) is 0.562. The molecule has 1 heterocycles. The molecule has 4 N–H and O–H groups in total. The zero-order chi connectivity index (χ0) is 15.2. The van der Waals surface area contributed by atoms with Crippen LogP contribution in [0.15, 0.2) is 36.4 Å². The molecule has 5 nitrogen and oxygen atoms in total. The van der Waals surface area contributed by atoms with Gasteiger partial charge in [0.1, 0.15) is 17.5 Å². The van der Waals surface area contributed by atoms with Gasteiger partial charge in [0.2, 0.25) is 0 Å². The van der Waals surface area contributed by atoms with E-state index in [2.05, 4.69) is 65.7 Å². The Morgan fingerprint density at radius 3 is 2.33 bits per heavy atom. The summed E-state index contributed by atoms with van der Waals surface area (Å²) in [5, 5.41) is 3.41.